The van der Waals surface area contributed by atoms with Crippen LogP contribution in [0.2, 0.25) is 0 Å². The van der Waals surface area contributed by atoms with E-state index in [0.717, 1.165) is 23.1 Å². The van der Waals surface area contributed by atoms with Crippen molar-refractivity contribution in [3.05, 3.63) is 35.0 Å². The van der Waals surface area contributed by atoms with Gasteiger partial charge in [-0.3, -0.25) is 4.79 Å². The molecule has 2 aromatic rings. The van der Waals surface area contributed by atoms with Gasteiger partial charge in [-0.1, -0.05) is 6.92 Å². The van der Waals surface area contributed by atoms with Crippen molar-refractivity contribution < 1.29 is 9.18 Å². The molecule has 3 nitrogen and oxygen atoms in total. The molecule has 1 amide bonds. The number of carbonyl (C=O) groups is 1. The van der Waals surface area contributed by atoms with Crippen molar-refractivity contribution in [2.24, 2.45) is 11.1 Å². The number of hydrogen-bond acceptors (Lipinski definition) is 3. The lowest BCUT2D eigenvalue weighted by atomic mass is 9.90. The van der Waals surface area contributed by atoms with Crippen LogP contribution >= 0.6 is 11.3 Å². The van der Waals surface area contributed by atoms with E-state index in [1.54, 1.807) is 12.1 Å². The van der Waals surface area contributed by atoms with Gasteiger partial charge in [-0.05, 0) is 48.0 Å². The molecular weight excluding hydrogens is 275 g/mol. The van der Waals surface area contributed by atoms with Crippen LogP contribution in [0.4, 0.5) is 4.39 Å². The summed E-state index contributed by atoms with van der Waals surface area (Å²) in [5.74, 6) is -0.241. The molecule has 0 spiro atoms. The Kier molecular flexibility index (Phi) is 3.26. The van der Waals surface area contributed by atoms with Crippen LogP contribution in [-0.4, -0.2) is 30.4 Å². The number of carbonyl (C=O) groups excluding carboxylic acids is 1. The largest absolute Gasteiger partial charge is 0.337 e. The van der Waals surface area contributed by atoms with E-state index in [1.165, 1.54) is 23.5 Å². The van der Waals surface area contributed by atoms with Gasteiger partial charge in [0.1, 0.15) is 5.82 Å². The molecule has 0 radical (unpaired) electrons. The van der Waals surface area contributed by atoms with Crippen molar-refractivity contribution >= 4 is 27.3 Å². The Morgan fingerprint density at radius 1 is 1.50 bits per heavy atom. The molecule has 3 rings (SSSR count). The van der Waals surface area contributed by atoms with Crippen molar-refractivity contribution in [2.75, 3.05) is 19.6 Å². The lowest BCUT2D eigenvalue weighted by Gasteiger charge is -2.22. The Morgan fingerprint density at radius 3 is 3.00 bits per heavy atom. The second kappa shape index (κ2) is 4.82. The van der Waals surface area contributed by atoms with E-state index in [9.17, 15) is 9.18 Å². The third kappa shape index (κ3) is 2.31. The molecule has 1 fully saturated rings. The molecule has 1 atom stereocenters. The fourth-order valence-electron chi connectivity index (χ4n) is 2.64. The highest BCUT2D eigenvalue weighted by Crippen LogP contribution is 2.32. The van der Waals surface area contributed by atoms with Gasteiger partial charge in [0, 0.05) is 17.8 Å². The molecular formula is C15H17FN2OS. The van der Waals surface area contributed by atoms with Gasteiger partial charge in [0.05, 0.1) is 4.88 Å². The summed E-state index contributed by atoms with van der Waals surface area (Å²) in [5.41, 5.74) is 5.80. The molecule has 0 aliphatic carbocycles. The number of thiophene rings is 1. The number of likely N-dealkylation sites (tertiary alicyclic amines) is 1. The minimum Gasteiger partial charge on any atom is -0.337 e. The lowest BCUT2D eigenvalue weighted by Crippen LogP contribution is -2.34. The molecule has 1 aromatic heterocycles. The monoisotopic (exact) mass is 292 g/mol. The molecule has 2 heterocycles. The highest BCUT2D eigenvalue weighted by atomic mass is 32.1. The number of rotatable bonds is 2. The van der Waals surface area contributed by atoms with Crippen LogP contribution in [0.25, 0.3) is 10.1 Å². The zero-order valence-corrected chi connectivity index (χ0v) is 12.2. The van der Waals surface area contributed by atoms with E-state index in [0.29, 0.717) is 18.0 Å². The van der Waals surface area contributed by atoms with Crippen LogP contribution in [0.5, 0.6) is 0 Å². The summed E-state index contributed by atoms with van der Waals surface area (Å²) in [5, 5.41) is 0.791. The van der Waals surface area contributed by atoms with Crippen LogP contribution in [0.3, 0.4) is 0 Å². The summed E-state index contributed by atoms with van der Waals surface area (Å²) in [6, 6.07) is 6.40. The number of nitrogens with two attached hydrogens (primary N) is 1. The van der Waals surface area contributed by atoms with E-state index in [-0.39, 0.29) is 17.1 Å². The quantitative estimate of drug-likeness (QED) is 0.925. The van der Waals surface area contributed by atoms with Crippen molar-refractivity contribution in [1.82, 2.24) is 4.90 Å². The molecule has 1 aliphatic heterocycles. The first-order valence-electron chi connectivity index (χ1n) is 6.69. The molecule has 1 aliphatic rings. The first-order chi connectivity index (χ1) is 9.50. The first-order valence-corrected chi connectivity index (χ1v) is 7.51. The van der Waals surface area contributed by atoms with Crippen molar-refractivity contribution in [1.29, 1.82) is 0 Å². The maximum atomic E-state index is 13.2. The van der Waals surface area contributed by atoms with Crippen LogP contribution in [0.15, 0.2) is 24.3 Å². The number of fused-ring (bicyclic) bond motifs is 1. The number of hydrogen-bond donors (Lipinski definition) is 1. The summed E-state index contributed by atoms with van der Waals surface area (Å²) >= 11 is 1.42. The highest BCUT2D eigenvalue weighted by Gasteiger charge is 2.35. The number of halogens is 1. The van der Waals surface area contributed by atoms with Gasteiger partial charge in [0.2, 0.25) is 0 Å². The lowest BCUT2D eigenvalue weighted by molar-refractivity contribution is 0.0782. The Bertz CT molecular complexity index is 669. The molecule has 0 saturated carbocycles. The topological polar surface area (TPSA) is 46.3 Å². The predicted octanol–water partition coefficient (Wildman–Crippen LogP) is 2.85. The Hall–Kier alpha value is -1.46. The average Bonchev–Trinajstić information content (AvgIpc) is 3.02. The molecule has 1 saturated heterocycles. The van der Waals surface area contributed by atoms with Gasteiger partial charge in [-0.2, -0.15) is 0 Å². The second-order valence-corrected chi connectivity index (χ2v) is 6.87. The summed E-state index contributed by atoms with van der Waals surface area (Å²) < 4.78 is 14.1. The predicted molar refractivity (Wildman–Crippen MR) is 79.5 cm³/mol. The normalized spacial score (nSPS) is 22.6. The van der Waals surface area contributed by atoms with E-state index in [1.807, 2.05) is 4.90 Å². The summed E-state index contributed by atoms with van der Waals surface area (Å²) in [6.07, 6.45) is 0.939. The van der Waals surface area contributed by atoms with Crippen molar-refractivity contribution in [3.63, 3.8) is 0 Å². The average molecular weight is 292 g/mol. The number of amides is 1. The van der Waals surface area contributed by atoms with Gasteiger partial charge in [-0.15, -0.1) is 11.3 Å². The Morgan fingerprint density at radius 2 is 2.30 bits per heavy atom. The number of nitrogens with zero attached hydrogens (tertiary/aromatic N) is 1. The molecule has 2 N–H and O–H groups in total. The second-order valence-electron chi connectivity index (χ2n) is 5.78. The SMILES string of the molecule is CC1(CN)CCN(C(=O)c2cc3cc(F)ccc3s2)C1. The molecule has 1 unspecified atom stereocenters. The smallest absolute Gasteiger partial charge is 0.263 e. The molecule has 20 heavy (non-hydrogen) atoms. The fourth-order valence-corrected chi connectivity index (χ4v) is 3.65. The van der Waals surface area contributed by atoms with Crippen molar-refractivity contribution in [3.8, 4) is 0 Å². The van der Waals surface area contributed by atoms with E-state index in [2.05, 4.69) is 6.92 Å². The Labute approximate surface area is 121 Å². The van der Waals surface area contributed by atoms with Gasteiger partial charge in [0.15, 0.2) is 0 Å². The minimum absolute atomic E-state index is 0.0262. The summed E-state index contributed by atoms with van der Waals surface area (Å²) in [6.45, 7) is 4.15. The highest BCUT2D eigenvalue weighted by molar-refractivity contribution is 7.20. The maximum absolute atomic E-state index is 13.2. The number of benzene rings is 1. The fraction of sp³-hybridized carbons (Fsp3) is 0.400. The standard InChI is InChI=1S/C15H17FN2OS/c1-15(8-17)4-5-18(9-15)14(19)13-7-10-6-11(16)2-3-12(10)20-13/h2-3,6-7H,4-5,8-9,17H2,1H3. The molecule has 1 aromatic carbocycles. The van der Waals surface area contributed by atoms with Crippen LogP contribution < -0.4 is 5.73 Å². The van der Waals surface area contributed by atoms with Gasteiger partial charge in [0.25, 0.3) is 5.91 Å². The third-order valence-corrected chi connectivity index (χ3v) is 5.13. The van der Waals surface area contributed by atoms with E-state index >= 15 is 0 Å². The molecule has 106 valence electrons. The van der Waals surface area contributed by atoms with Gasteiger partial charge < -0.3 is 10.6 Å². The summed E-state index contributed by atoms with van der Waals surface area (Å²) in [7, 11) is 0. The molecule has 0 bridgehead atoms. The molecule has 5 heteroatoms. The zero-order chi connectivity index (χ0) is 14.3. The van der Waals surface area contributed by atoms with Gasteiger partial charge in [-0.25, -0.2) is 4.39 Å². The van der Waals surface area contributed by atoms with Gasteiger partial charge >= 0.3 is 0 Å². The minimum atomic E-state index is -0.272. The van der Waals surface area contributed by atoms with E-state index in [4.69, 9.17) is 5.73 Å². The van der Waals surface area contributed by atoms with Crippen LogP contribution in [-0.2, 0) is 0 Å². The third-order valence-electron chi connectivity index (χ3n) is 4.03. The van der Waals surface area contributed by atoms with Crippen molar-refractivity contribution in [2.45, 2.75) is 13.3 Å². The summed E-state index contributed by atoms with van der Waals surface area (Å²) in [4.78, 5) is 15.0. The Balaban J connectivity index is 1.86. The van der Waals surface area contributed by atoms with Crippen LogP contribution in [0.1, 0.15) is 23.0 Å². The maximum Gasteiger partial charge on any atom is 0.263 e. The zero-order valence-electron chi connectivity index (χ0n) is 11.4. The van der Waals surface area contributed by atoms with Crippen LogP contribution in [0, 0.1) is 11.2 Å². The first kappa shape index (κ1) is 13.5. The van der Waals surface area contributed by atoms with E-state index < -0.39 is 0 Å².